The third-order valence-corrected chi connectivity index (χ3v) is 2.72. The molecule has 0 unspecified atom stereocenters. The Kier molecular flexibility index (Phi) is 3.42. The van der Waals surface area contributed by atoms with Gasteiger partial charge in [-0.1, -0.05) is 43.6 Å². The van der Waals surface area contributed by atoms with Crippen LogP contribution < -0.4 is 5.32 Å². The first-order valence-corrected chi connectivity index (χ1v) is 5.82. The number of hydrogen-bond acceptors (Lipinski definition) is 2. The molecule has 0 bridgehead atoms. The third kappa shape index (κ3) is 2.52. The molecule has 2 nitrogen and oxygen atoms in total. The second-order valence-corrected chi connectivity index (χ2v) is 4.56. The van der Waals surface area contributed by atoms with Gasteiger partial charge in [-0.3, -0.25) is 4.98 Å². The summed E-state index contributed by atoms with van der Waals surface area (Å²) in [6.45, 7) is 4.98. The van der Waals surface area contributed by atoms with Crippen molar-refractivity contribution in [3.05, 3.63) is 41.0 Å². The Morgan fingerprint density at radius 1 is 1.31 bits per heavy atom. The number of aromatic nitrogens is 1. The number of halogens is 1. The van der Waals surface area contributed by atoms with Gasteiger partial charge in [-0.2, -0.15) is 0 Å². The molecule has 0 radical (unpaired) electrons. The minimum Gasteiger partial charge on any atom is -0.309 e. The number of benzene rings is 1. The largest absolute Gasteiger partial charge is 0.309 e. The molecule has 16 heavy (non-hydrogen) atoms. The summed E-state index contributed by atoms with van der Waals surface area (Å²) in [5, 5.41) is 5.11. The summed E-state index contributed by atoms with van der Waals surface area (Å²) in [7, 11) is 0. The molecule has 1 aromatic carbocycles. The number of nitrogens with zero attached hydrogens (tertiary/aromatic N) is 1. The summed E-state index contributed by atoms with van der Waals surface area (Å²) in [4.78, 5) is 4.56. The number of para-hydroxylation sites is 1. The maximum Gasteiger partial charge on any atom is 0.0720 e. The Balaban J connectivity index is 2.34. The normalized spacial score (nSPS) is 11.2. The molecule has 0 saturated carbocycles. The zero-order valence-electron chi connectivity index (χ0n) is 9.50. The zero-order valence-corrected chi connectivity index (χ0v) is 10.3. The van der Waals surface area contributed by atoms with Gasteiger partial charge in [-0.25, -0.2) is 0 Å². The fourth-order valence-electron chi connectivity index (χ4n) is 1.58. The van der Waals surface area contributed by atoms with Gasteiger partial charge in [0.05, 0.1) is 16.2 Å². The van der Waals surface area contributed by atoms with Crippen LogP contribution in [0, 0.1) is 0 Å². The molecular formula is C13H15ClN2. The average molecular weight is 235 g/mol. The topological polar surface area (TPSA) is 24.9 Å². The summed E-state index contributed by atoms with van der Waals surface area (Å²) >= 11 is 6.21. The first kappa shape index (κ1) is 11.4. The van der Waals surface area contributed by atoms with Crippen LogP contribution in [0.2, 0.25) is 5.02 Å². The van der Waals surface area contributed by atoms with Crippen LogP contribution in [0.5, 0.6) is 0 Å². The van der Waals surface area contributed by atoms with Crippen molar-refractivity contribution in [3.63, 3.8) is 0 Å². The van der Waals surface area contributed by atoms with Gasteiger partial charge in [0.2, 0.25) is 0 Å². The standard InChI is InChI=1S/C13H15ClN2/c1-9(2)15-8-10-7-12(14)11-5-3-4-6-13(11)16-10/h3-7,9,15H,8H2,1-2H3. The van der Waals surface area contributed by atoms with E-state index in [1.807, 2.05) is 30.3 Å². The summed E-state index contributed by atoms with van der Waals surface area (Å²) in [5.41, 5.74) is 1.94. The van der Waals surface area contributed by atoms with E-state index in [2.05, 4.69) is 24.1 Å². The van der Waals surface area contributed by atoms with Crippen LogP contribution in [-0.4, -0.2) is 11.0 Å². The van der Waals surface area contributed by atoms with Gasteiger partial charge in [-0.05, 0) is 12.1 Å². The smallest absolute Gasteiger partial charge is 0.0720 e. The highest BCUT2D eigenvalue weighted by molar-refractivity contribution is 6.35. The van der Waals surface area contributed by atoms with Crippen molar-refractivity contribution in [2.24, 2.45) is 0 Å². The molecule has 0 fully saturated rings. The molecule has 2 aromatic rings. The van der Waals surface area contributed by atoms with Gasteiger partial charge in [0.15, 0.2) is 0 Å². The highest BCUT2D eigenvalue weighted by atomic mass is 35.5. The first-order chi connectivity index (χ1) is 7.66. The molecule has 1 N–H and O–H groups in total. The van der Waals surface area contributed by atoms with E-state index in [1.165, 1.54) is 0 Å². The lowest BCUT2D eigenvalue weighted by Gasteiger charge is -2.09. The molecule has 0 saturated heterocycles. The minimum atomic E-state index is 0.451. The maximum absolute atomic E-state index is 6.21. The molecule has 0 amide bonds. The third-order valence-electron chi connectivity index (χ3n) is 2.41. The summed E-state index contributed by atoms with van der Waals surface area (Å²) in [6, 6.07) is 10.3. The van der Waals surface area contributed by atoms with E-state index in [0.717, 1.165) is 28.2 Å². The van der Waals surface area contributed by atoms with Crippen molar-refractivity contribution in [2.45, 2.75) is 26.4 Å². The Hall–Kier alpha value is -1.12. The van der Waals surface area contributed by atoms with Crippen molar-refractivity contribution in [1.82, 2.24) is 10.3 Å². The van der Waals surface area contributed by atoms with Crippen LogP contribution in [0.4, 0.5) is 0 Å². The molecule has 0 aliphatic heterocycles. The van der Waals surface area contributed by atoms with E-state index < -0.39 is 0 Å². The maximum atomic E-state index is 6.21. The van der Waals surface area contributed by atoms with E-state index in [-0.39, 0.29) is 0 Å². The number of pyridine rings is 1. The molecule has 1 aromatic heterocycles. The molecule has 2 rings (SSSR count). The van der Waals surface area contributed by atoms with Gasteiger partial charge in [0.1, 0.15) is 0 Å². The summed E-state index contributed by atoms with van der Waals surface area (Å²) in [6.07, 6.45) is 0. The minimum absolute atomic E-state index is 0.451. The lowest BCUT2D eigenvalue weighted by Crippen LogP contribution is -2.22. The quantitative estimate of drug-likeness (QED) is 0.881. The number of nitrogens with one attached hydrogen (secondary N) is 1. The van der Waals surface area contributed by atoms with Crippen molar-refractivity contribution in [1.29, 1.82) is 0 Å². The second-order valence-electron chi connectivity index (χ2n) is 4.15. The fourth-order valence-corrected chi connectivity index (χ4v) is 1.87. The van der Waals surface area contributed by atoms with E-state index in [1.54, 1.807) is 0 Å². The predicted octanol–water partition coefficient (Wildman–Crippen LogP) is 3.39. The lowest BCUT2D eigenvalue weighted by molar-refractivity contribution is 0.582. The van der Waals surface area contributed by atoms with Gasteiger partial charge in [0.25, 0.3) is 0 Å². The summed E-state index contributed by atoms with van der Waals surface area (Å²) in [5.74, 6) is 0. The van der Waals surface area contributed by atoms with Crippen molar-refractivity contribution in [2.75, 3.05) is 0 Å². The van der Waals surface area contributed by atoms with Crippen LogP contribution in [0.15, 0.2) is 30.3 Å². The van der Waals surface area contributed by atoms with Crippen LogP contribution in [0.25, 0.3) is 10.9 Å². The summed E-state index contributed by atoms with van der Waals surface area (Å²) < 4.78 is 0. The SMILES string of the molecule is CC(C)NCc1cc(Cl)c2ccccc2n1. The second kappa shape index (κ2) is 4.81. The number of hydrogen-bond donors (Lipinski definition) is 1. The monoisotopic (exact) mass is 234 g/mol. The van der Waals surface area contributed by atoms with Crippen LogP contribution in [0.1, 0.15) is 19.5 Å². The Morgan fingerprint density at radius 2 is 2.06 bits per heavy atom. The van der Waals surface area contributed by atoms with Gasteiger partial charge in [-0.15, -0.1) is 0 Å². The van der Waals surface area contributed by atoms with Gasteiger partial charge in [0, 0.05) is 18.0 Å². The van der Waals surface area contributed by atoms with Crippen LogP contribution in [0.3, 0.4) is 0 Å². The Bertz CT molecular complexity index is 494. The Labute approximate surface area is 101 Å². The first-order valence-electron chi connectivity index (χ1n) is 5.44. The average Bonchev–Trinajstić information content (AvgIpc) is 2.26. The molecule has 0 atom stereocenters. The van der Waals surface area contributed by atoms with E-state index in [9.17, 15) is 0 Å². The molecule has 1 heterocycles. The van der Waals surface area contributed by atoms with E-state index in [4.69, 9.17) is 11.6 Å². The molecule has 0 aliphatic carbocycles. The molecule has 0 spiro atoms. The van der Waals surface area contributed by atoms with Crippen molar-refractivity contribution in [3.8, 4) is 0 Å². The van der Waals surface area contributed by atoms with Crippen molar-refractivity contribution >= 4 is 22.5 Å². The number of rotatable bonds is 3. The molecule has 3 heteroatoms. The highest BCUT2D eigenvalue weighted by Crippen LogP contribution is 2.22. The van der Waals surface area contributed by atoms with Gasteiger partial charge >= 0.3 is 0 Å². The molecular weight excluding hydrogens is 220 g/mol. The molecule has 0 aliphatic rings. The van der Waals surface area contributed by atoms with E-state index in [0.29, 0.717) is 6.04 Å². The van der Waals surface area contributed by atoms with Crippen molar-refractivity contribution < 1.29 is 0 Å². The Morgan fingerprint density at radius 3 is 2.81 bits per heavy atom. The fraction of sp³-hybridized carbons (Fsp3) is 0.308. The zero-order chi connectivity index (χ0) is 11.5. The van der Waals surface area contributed by atoms with Crippen LogP contribution in [-0.2, 0) is 6.54 Å². The lowest BCUT2D eigenvalue weighted by atomic mass is 10.2. The van der Waals surface area contributed by atoms with Crippen LogP contribution >= 0.6 is 11.6 Å². The van der Waals surface area contributed by atoms with Gasteiger partial charge < -0.3 is 5.32 Å². The highest BCUT2D eigenvalue weighted by Gasteiger charge is 2.03. The number of fused-ring (bicyclic) bond motifs is 1. The van der Waals surface area contributed by atoms with E-state index >= 15 is 0 Å². The predicted molar refractivity (Wildman–Crippen MR) is 68.7 cm³/mol. The molecule has 84 valence electrons.